The van der Waals surface area contributed by atoms with Crippen molar-refractivity contribution in [3.05, 3.63) is 36.0 Å². The van der Waals surface area contributed by atoms with Crippen LogP contribution < -0.4 is 10.6 Å². The van der Waals surface area contributed by atoms with E-state index in [4.69, 9.17) is 4.74 Å². The van der Waals surface area contributed by atoms with Crippen LogP contribution in [0.5, 0.6) is 0 Å². The molecule has 10 heteroatoms. The largest absolute Gasteiger partial charge is 0.444 e. The molecule has 0 spiro atoms. The van der Waals surface area contributed by atoms with Crippen LogP contribution in [0.4, 0.5) is 4.79 Å². The molecule has 46 heavy (non-hydrogen) atoms. The molecule has 1 aliphatic carbocycles. The quantitative estimate of drug-likeness (QED) is 0.185. The highest BCUT2D eigenvalue weighted by Gasteiger charge is 2.39. The summed E-state index contributed by atoms with van der Waals surface area (Å²) >= 11 is 0. The Kier molecular flexibility index (Phi) is 13.5. The van der Waals surface area contributed by atoms with E-state index in [0.29, 0.717) is 12.8 Å². The maximum absolute atomic E-state index is 14.0. The highest BCUT2D eigenvalue weighted by Crippen LogP contribution is 2.27. The number of amides is 3. The minimum Gasteiger partial charge on any atom is -0.444 e. The molecule has 6 atom stereocenters. The number of hydrogen-bond acceptors (Lipinski definition) is 6. The number of benzene rings is 1. The van der Waals surface area contributed by atoms with Gasteiger partial charge in [0.2, 0.25) is 11.8 Å². The van der Waals surface area contributed by atoms with Gasteiger partial charge in [0.25, 0.3) is 0 Å². The van der Waals surface area contributed by atoms with E-state index in [9.17, 15) is 24.6 Å². The van der Waals surface area contributed by atoms with Crippen LogP contribution in [-0.4, -0.2) is 80.0 Å². The van der Waals surface area contributed by atoms with E-state index in [-0.39, 0.29) is 24.3 Å². The van der Waals surface area contributed by atoms with Gasteiger partial charge >= 0.3 is 6.09 Å². The van der Waals surface area contributed by atoms with Gasteiger partial charge in [0.1, 0.15) is 23.8 Å². The fourth-order valence-electron chi connectivity index (χ4n) is 6.36. The van der Waals surface area contributed by atoms with Crippen LogP contribution in [0.2, 0.25) is 0 Å². The maximum Gasteiger partial charge on any atom is 0.411 e. The molecule has 0 bridgehead atoms. The first-order valence-corrected chi connectivity index (χ1v) is 17.2. The van der Waals surface area contributed by atoms with Gasteiger partial charge in [0.15, 0.2) is 0 Å². The number of H-pyrrole nitrogens is 1. The first-order valence-electron chi connectivity index (χ1n) is 17.2. The monoisotopic (exact) mass is 642 g/mol. The Morgan fingerprint density at radius 1 is 1.00 bits per heavy atom. The summed E-state index contributed by atoms with van der Waals surface area (Å²) in [6.07, 6.45) is 4.90. The lowest BCUT2D eigenvalue weighted by Gasteiger charge is -2.39. The first kappa shape index (κ1) is 37.3. The summed E-state index contributed by atoms with van der Waals surface area (Å²) in [6.45, 7) is 14.9. The number of hydrogen-bond donors (Lipinski definition) is 5. The Hall–Kier alpha value is -3.11. The van der Waals surface area contributed by atoms with Crippen molar-refractivity contribution < 1.29 is 29.3 Å². The molecule has 3 amide bonds. The van der Waals surface area contributed by atoms with Crippen LogP contribution in [0.25, 0.3) is 10.9 Å². The van der Waals surface area contributed by atoms with E-state index in [1.807, 2.05) is 58.2 Å². The first-order chi connectivity index (χ1) is 21.6. The predicted molar refractivity (Wildman–Crippen MR) is 181 cm³/mol. The number of carbonyl (C=O) groups excluding carboxylic acids is 3. The lowest BCUT2D eigenvalue weighted by atomic mass is 9.91. The Bertz CT molecular complexity index is 1280. The van der Waals surface area contributed by atoms with E-state index in [1.54, 1.807) is 32.6 Å². The van der Waals surface area contributed by atoms with E-state index in [1.165, 1.54) is 0 Å². The molecule has 1 aromatic heterocycles. The second kappa shape index (κ2) is 16.6. The van der Waals surface area contributed by atoms with Gasteiger partial charge < -0.3 is 30.6 Å². The number of fused-ring (bicyclic) bond motifs is 1. The van der Waals surface area contributed by atoms with Gasteiger partial charge in [-0.1, -0.05) is 71.6 Å². The Morgan fingerprint density at radius 2 is 1.65 bits per heavy atom. The lowest BCUT2D eigenvalue weighted by Crippen LogP contribution is -2.60. The fourth-order valence-corrected chi connectivity index (χ4v) is 6.36. The number of aliphatic hydroxyl groups excluding tert-OH is 2. The Morgan fingerprint density at radius 3 is 2.26 bits per heavy atom. The van der Waals surface area contributed by atoms with E-state index < -0.39 is 53.8 Å². The minimum atomic E-state index is -1.24. The molecule has 258 valence electrons. The molecule has 0 radical (unpaired) electrons. The zero-order valence-corrected chi connectivity index (χ0v) is 29.1. The number of carbonyl (C=O) groups is 3. The van der Waals surface area contributed by atoms with Gasteiger partial charge in [-0.2, -0.15) is 0 Å². The minimum absolute atomic E-state index is 0.127. The van der Waals surface area contributed by atoms with Gasteiger partial charge in [-0.25, -0.2) is 4.79 Å². The molecule has 0 unspecified atom stereocenters. The van der Waals surface area contributed by atoms with Crippen LogP contribution in [0.3, 0.4) is 0 Å². The van der Waals surface area contributed by atoms with Gasteiger partial charge in [-0.15, -0.1) is 0 Å². The summed E-state index contributed by atoms with van der Waals surface area (Å²) < 4.78 is 5.73. The summed E-state index contributed by atoms with van der Waals surface area (Å²) in [4.78, 5) is 46.1. The fraction of sp³-hybridized carbons (Fsp3) is 0.694. The van der Waals surface area contributed by atoms with E-state index >= 15 is 0 Å². The maximum atomic E-state index is 14.0. The summed E-state index contributed by atoms with van der Waals surface area (Å²) in [6, 6.07) is 5.07. The summed E-state index contributed by atoms with van der Waals surface area (Å²) in [7, 11) is 0. The van der Waals surface area contributed by atoms with Gasteiger partial charge in [-0.05, 0) is 76.8 Å². The number of nitrogens with zero attached hydrogens (tertiary/aromatic N) is 1. The van der Waals surface area contributed by atoms with Crippen LogP contribution >= 0.6 is 0 Å². The number of para-hydroxylation sites is 1. The van der Waals surface area contributed by atoms with Crippen molar-refractivity contribution in [2.24, 2.45) is 11.8 Å². The summed E-state index contributed by atoms with van der Waals surface area (Å²) in [5, 5.41) is 29.2. The number of aromatic amines is 1. The van der Waals surface area contributed by atoms with Crippen LogP contribution in [0.1, 0.15) is 106 Å². The molecular weight excluding hydrogens is 584 g/mol. The van der Waals surface area contributed by atoms with E-state index in [0.717, 1.165) is 48.6 Å². The number of rotatable bonds is 14. The van der Waals surface area contributed by atoms with Crippen molar-refractivity contribution in [1.29, 1.82) is 0 Å². The molecular formula is C36H58N4O6. The van der Waals surface area contributed by atoms with Crippen molar-refractivity contribution in [2.75, 3.05) is 0 Å². The highest BCUT2D eigenvalue weighted by molar-refractivity contribution is 5.91. The predicted octanol–water partition coefficient (Wildman–Crippen LogP) is 5.45. The molecule has 2 aromatic rings. The molecule has 1 aromatic carbocycles. The molecule has 1 heterocycles. The van der Waals surface area contributed by atoms with Gasteiger partial charge in [0, 0.05) is 23.1 Å². The highest BCUT2D eigenvalue weighted by atomic mass is 16.6. The van der Waals surface area contributed by atoms with E-state index in [2.05, 4.69) is 15.6 Å². The normalized spacial score (nSPS) is 18.3. The number of aromatic nitrogens is 1. The average molecular weight is 643 g/mol. The average Bonchev–Trinajstić information content (AvgIpc) is 3.40. The standard InChI is InChI=1S/C36H58N4O6/c1-9-23(4)31(39-33(43)24(5)40(26-15-11-10-12-16-26)35(45)46-36(6,7)8)34(44)38-29(32(42)30(41)19-22(2)3)20-25-21-37-28-18-14-13-17-27(25)28/h13-14,17-18,21-24,26,29-32,37,41-42H,9-12,15-16,19-20H2,1-8H3,(H,38,44)(H,39,43)/t23-,24-,29-,30-,31-,32+/m0/s1. The van der Waals surface area contributed by atoms with Crippen molar-refractivity contribution >= 4 is 28.8 Å². The molecule has 10 nitrogen and oxygen atoms in total. The van der Waals surface area contributed by atoms with Crippen LogP contribution in [-0.2, 0) is 20.7 Å². The lowest BCUT2D eigenvalue weighted by molar-refractivity contribution is -0.134. The van der Waals surface area contributed by atoms with Crippen molar-refractivity contribution in [2.45, 2.75) is 149 Å². The van der Waals surface area contributed by atoms with Gasteiger partial charge in [-0.3, -0.25) is 14.5 Å². The van der Waals surface area contributed by atoms with Crippen molar-refractivity contribution in [3.8, 4) is 0 Å². The topological polar surface area (TPSA) is 144 Å². The third-order valence-electron chi connectivity index (χ3n) is 9.12. The number of ether oxygens (including phenoxy) is 1. The number of aliphatic hydroxyl groups is 2. The summed E-state index contributed by atoms with van der Waals surface area (Å²) in [5.74, 6) is -0.991. The SMILES string of the molecule is CC[C@H](C)[C@H](NC(=O)[C@H](C)N(C(=O)OC(C)(C)C)C1CCCCC1)C(=O)N[C@@H](Cc1c[nH]c2ccccc12)[C@@H](O)[C@@H](O)CC(C)C. The Labute approximate surface area is 275 Å². The number of nitrogens with one attached hydrogen (secondary N) is 3. The Balaban J connectivity index is 1.86. The molecule has 1 fully saturated rings. The third kappa shape index (κ3) is 10.2. The molecule has 1 saturated carbocycles. The smallest absolute Gasteiger partial charge is 0.411 e. The zero-order valence-electron chi connectivity index (χ0n) is 29.1. The summed E-state index contributed by atoms with van der Waals surface area (Å²) in [5.41, 5.74) is 1.11. The van der Waals surface area contributed by atoms with Crippen molar-refractivity contribution in [3.63, 3.8) is 0 Å². The zero-order chi connectivity index (χ0) is 34.2. The van der Waals surface area contributed by atoms with Gasteiger partial charge in [0.05, 0.1) is 12.1 Å². The second-order valence-corrected chi connectivity index (χ2v) is 14.6. The third-order valence-corrected chi connectivity index (χ3v) is 9.12. The molecule has 1 aliphatic rings. The van der Waals surface area contributed by atoms with Crippen LogP contribution in [0.15, 0.2) is 30.5 Å². The molecule has 0 aliphatic heterocycles. The second-order valence-electron chi connectivity index (χ2n) is 14.6. The van der Waals surface area contributed by atoms with Crippen LogP contribution in [0, 0.1) is 11.8 Å². The van der Waals surface area contributed by atoms with Crippen molar-refractivity contribution in [1.82, 2.24) is 20.5 Å². The molecule has 0 saturated heterocycles. The molecule has 5 N–H and O–H groups in total. The molecule has 3 rings (SSSR count).